The molecule has 17 heavy (non-hydrogen) atoms. The molecule has 0 aromatic carbocycles. The lowest BCUT2D eigenvalue weighted by Crippen LogP contribution is -2.25. The van der Waals surface area contributed by atoms with Crippen LogP contribution >= 0.6 is 0 Å². The maximum atomic E-state index is 11.5. The van der Waals surface area contributed by atoms with E-state index in [1.54, 1.807) is 13.0 Å². The Morgan fingerprint density at radius 2 is 1.82 bits per heavy atom. The highest BCUT2D eigenvalue weighted by Gasteiger charge is 2.28. The van der Waals surface area contributed by atoms with Crippen LogP contribution in [0.15, 0.2) is 0 Å². The molecule has 0 amide bonds. The smallest absolute Gasteiger partial charge is 0.323 e. The first-order valence-corrected chi connectivity index (χ1v) is 5.18. The van der Waals surface area contributed by atoms with E-state index in [1.165, 1.54) is 6.07 Å². The zero-order chi connectivity index (χ0) is 13.4. The quantitative estimate of drug-likeness (QED) is 0.693. The van der Waals surface area contributed by atoms with Crippen molar-refractivity contribution in [2.45, 2.75) is 32.8 Å². The monoisotopic (exact) mass is 238 g/mol. The Kier molecular flexibility index (Phi) is 6.35. The molecule has 0 aliphatic rings. The number of ether oxygens (including phenoxy) is 1. The first-order chi connectivity index (χ1) is 7.96. The molecule has 0 rings (SSSR count). The van der Waals surface area contributed by atoms with Gasteiger partial charge in [0, 0.05) is 6.42 Å². The van der Waals surface area contributed by atoms with Gasteiger partial charge in [-0.15, -0.1) is 0 Å². The number of carbonyl (C=O) groups is 2. The fourth-order valence-corrected chi connectivity index (χ4v) is 1.01. The van der Waals surface area contributed by atoms with Gasteiger partial charge in [-0.3, -0.25) is 9.59 Å². The number of nitrogens with zero attached hydrogens (tertiary/aromatic N) is 2. The van der Waals surface area contributed by atoms with Gasteiger partial charge in [0.05, 0.1) is 18.2 Å². The highest BCUT2D eigenvalue weighted by Crippen LogP contribution is 2.15. The Morgan fingerprint density at radius 1 is 1.29 bits per heavy atom. The van der Waals surface area contributed by atoms with Gasteiger partial charge in [-0.2, -0.15) is 10.5 Å². The zero-order valence-electron chi connectivity index (χ0n) is 9.71. The summed E-state index contributed by atoms with van der Waals surface area (Å²) in [5, 5.41) is 26.0. The summed E-state index contributed by atoms with van der Waals surface area (Å²) in [6.07, 6.45) is -0.0778. The number of carbonyl (C=O) groups excluding carboxylic acids is 1. The minimum absolute atomic E-state index is 0.330. The molecule has 0 spiro atoms. The molecule has 0 aromatic heterocycles. The molecule has 0 radical (unpaired) electrons. The highest BCUT2D eigenvalue weighted by molar-refractivity contribution is 5.78. The highest BCUT2D eigenvalue weighted by atomic mass is 16.5. The second-order valence-electron chi connectivity index (χ2n) is 3.59. The van der Waals surface area contributed by atoms with Gasteiger partial charge in [0.2, 0.25) is 0 Å². The number of aliphatic carboxylic acids is 1. The maximum Gasteiger partial charge on any atom is 0.323 e. The fraction of sp³-hybridized carbons (Fsp3) is 0.636. The molecule has 3 atom stereocenters. The molecule has 92 valence electrons. The van der Waals surface area contributed by atoms with Crippen LogP contribution in [0.3, 0.4) is 0 Å². The van der Waals surface area contributed by atoms with E-state index in [0.29, 0.717) is 6.42 Å². The Morgan fingerprint density at radius 3 is 2.18 bits per heavy atom. The van der Waals surface area contributed by atoms with Gasteiger partial charge in [-0.05, 0) is 13.3 Å². The van der Waals surface area contributed by atoms with Crippen molar-refractivity contribution in [3.63, 3.8) is 0 Å². The molecule has 6 nitrogen and oxygen atoms in total. The average Bonchev–Trinajstić information content (AvgIpc) is 2.29. The van der Waals surface area contributed by atoms with Crippen molar-refractivity contribution in [3.05, 3.63) is 0 Å². The van der Waals surface area contributed by atoms with E-state index >= 15 is 0 Å². The van der Waals surface area contributed by atoms with Crippen molar-refractivity contribution >= 4 is 11.9 Å². The van der Waals surface area contributed by atoms with Gasteiger partial charge in [0.1, 0.15) is 11.8 Å². The van der Waals surface area contributed by atoms with Crippen LogP contribution in [-0.4, -0.2) is 23.1 Å². The molecule has 0 heterocycles. The van der Waals surface area contributed by atoms with Gasteiger partial charge >= 0.3 is 11.9 Å². The number of nitriles is 2. The summed E-state index contributed by atoms with van der Waals surface area (Å²) in [5.74, 6) is -4.71. The Balaban J connectivity index is 4.54. The number of hydrogen-bond donors (Lipinski definition) is 1. The number of esters is 1. The second-order valence-corrected chi connectivity index (χ2v) is 3.59. The first kappa shape index (κ1) is 14.9. The van der Waals surface area contributed by atoms with E-state index in [4.69, 9.17) is 20.4 Å². The van der Waals surface area contributed by atoms with E-state index in [-0.39, 0.29) is 12.5 Å². The average molecular weight is 238 g/mol. The summed E-state index contributed by atoms with van der Waals surface area (Å²) in [6.45, 7) is 3.49. The minimum Gasteiger partial charge on any atom is -0.480 e. The molecule has 0 bridgehead atoms. The topological polar surface area (TPSA) is 111 Å². The molecule has 3 unspecified atom stereocenters. The van der Waals surface area contributed by atoms with Crippen molar-refractivity contribution in [3.8, 4) is 12.1 Å². The van der Waals surface area contributed by atoms with E-state index in [9.17, 15) is 9.59 Å². The third-order valence-electron chi connectivity index (χ3n) is 2.26. The van der Waals surface area contributed by atoms with Crippen molar-refractivity contribution in [1.82, 2.24) is 0 Å². The third kappa shape index (κ3) is 4.98. The lowest BCUT2D eigenvalue weighted by molar-refractivity contribution is -0.152. The predicted molar refractivity (Wildman–Crippen MR) is 56.3 cm³/mol. The van der Waals surface area contributed by atoms with E-state index in [2.05, 4.69) is 0 Å². The molecule has 0 saturated heterocycles. The fourth-order valence-electron chi connectivity index (χ4n) is 1.01. The largest absolute Gasteiger partial charge is 0.480 e. The standard InChI is InChI=1S/C11H14N2O4/c1-3-7(2)17-11(16)9(6-13)4-8(5-12)10(14)15/h7-9H,3-4H2,1-2H3,(H,14,15). The summed E-state index contributed by atoms with van der Waals surface area (Å²) < 4.78 is 4.91. The summed E-state index contributed by atoms with van der Waals surface area (Å²) in [7, 11) is 0. The van der Waals surface area contributed by atoms with Crippen LogP contribution in [0.4, 0.5) is 0 Å². The van der Waals surface area contributed by atoms with Crippen LogP contribution < -0.4 is 0 Å². The Bertz CT molecular complexity index is 367. The molecule has 1 N–H and O–H groups in total. The van der Waals surface area contributed by atoms with E-state index in [1.807, 2.05) is 6.92 Å². The molecule has 0 saturated carbocycles. The van der Waals surface area contributed by atoms with Gasteiger partial charge < -0.3 is 9.84 Å². The number of rotatable bonds is 6. The van der Waals surface area contributed by atoms with Gasteiger partial charge in [-0.1, -0.05) is 6.92 Å². The molecule has 0 aliphatic heterocycles. The van der Waals surface area contributed by atoms with Crippen LogP contribution in [0, 0.1) is 34.5 Å². The molecular weight excluding hydrogens is 224 g/mol. The lowest BCUT2D eigenvalue weighted by Gasteiger charge is -2.14. The van der Waals surface area contributed by atoms with Gasteiger partial charge in [0.25, 0.3) is 0 Å². The minimum atomic E-state index is -1.37. The first-order valence-electron chi connectivity index (χ1n) is 5.18. The van der Waals surface area contributed by atoms with Gasteiger partial charge in [0.15, 0.2) is 0 Å². The SMILES string of the molecule is CCC(C)OC(=O)C(C#N)CC(C#N)C(=O)O. The molecular formula is C11H14N2O4. The van der Waals surface area contributed by atoms with Crippen LogP contribution in [0.25, 0.3) is 0 Å². The van der Waals surface area contributed by atoms with Gasteiger partial charge in [-0.25, -0.2) is 0 Å². The molecule has 0 aromatic rings. The number of carboxylic acid groups (broad SMARTS) is 1. The predicted octanol–water partition coefficient (Wildman–Crippen LogP) is 1.08. The third-order valence-corrected chi connectivity index (χ3v) is 2.26. The molecule has 0 aliphatic carbocycles. The van der Waals surface area contributed by atoms with E-state index in [0.717, 1.165) is 0 Å². The summed E-state index contributed by atoms with van der Waals surface area (Å²) >= 11 is 0. The summed E-state index contributed by atoms with van der Waals surface area (Å²) in [6, 6.07) is 3.19. The van der Waals surface area contributed by atoms with Crippen molar-refractivity contribution in [2.75, 3.05) is 0 Å². The zero-order valence-corrected chi connectivity index (χ0v) is 9.71. The maximum absolute atomic E-state index is 11.5. The molecule has 6 heteroatoms. The van der Waals surface area contributed by atoms with Crippen LogP contribution in [0.2, 0.25) is 0 Å². The lowest BCUT2D eigenvalue weighted by atomic mass is 9.96. The molecule has 0 fully saturated rings. The van der Waals surface area contributed by atoms with Crippen LogP contribution in [-0.2, 0) is 14.3 Å². The van der Waals surface area contributed by atoms with Crippen LogP contribution in [0.5, 0.6) is 0 Å². The summed E-state index contributed by atoms with van der Waals surface area (Å²) in [5.41, 5.74) is 0. The van der Waals surface area contributed by atoms with Crippen molar-refractivity contribution in [1.29, 1.82) is 10.5 Å². The number of hydrogen-bond acceptors (Lipinski definition) is 5. The number of carboxylic acids is 1. The van der Waals surface area contributed by atoms with Crippen molar-refractivity contribution < 1.29 is 19.4 Å². The second kappa shape index (κ2) is 7.24. The Hall–Kier alpha value is -2.08. The van der Waals surface area contributed by atoms with E-state index < -0.39 is 23.8 Å². The van der Waals surface area contributed by atoms with Crippen LogP contribution in [0.1, 0.15) is 26.7 Å². The van der Waals surface area contributed by atoms with Crippen molar-refractivity contribution in [2.24, 2.45) is 11.8 Å². The Labute approximate surface area is 99.4 Å². The summed E-state index contributed by atoms with van der Waals surface area (Å²) in [4.78, 5) is 22.1. The normalized spacial score (nSPS) is 14.8.